The van der Waals surface area contributed by atoms with Crippen LogP contribution in [0.2, 0.25) is 0 Å². The second-order valence-electron chi connectivity index (χ2n) is 5.52. The lowest BCUT2D eigenvalue weighted by Crippen LogP contribution is -2.52. The highest BCUT2D eigenvalue weighted by atomic mass is 15.3. The first-order valence-corrected chi connectivity index (χ1v) is 7.47. The summed E-state index contributed by atoms with van der Waals surface area (Å²) in [5, 5.41) is 3.44. The highest BCUT2D eigenvalue weighted by molar-refractivity contribution is 5.48. The van der Waals surface area contributed by atoms with E-state index in [0.717, 1.165) is 26.2 Å². The van der Waals surface area contributed by atoms with E-state index in [4.69, 9.17) is 0 Å². The quantitative estimate of drug-likeness (QED) is 0.876. The maximum Gasteiger partial charge on any atom is 0.0369 e. The molecule has 1 heterocycles. The standard InChI is InChI=1S/C16H27N3/c1-4-17-13-15(3)18-8-10-19(11-9-18)16-7-5-6-14(2)12-16/h5-7,12,15,17H,4,8-11,13H2,1-3H3. The molecular formula is C16H27N3. The van der Waals surface area contributed by atoms with Crippen molar-refractivity contribution in [2.24, 2.45) is 0 Å². The van der Waals surface area contributed by atoms with Crippen molar-refractivity contribution in [3.63, 3.8) is 0 Å². The Kier molecular flexibility index (Phi) is 5.23. The predicted molar refractivity (Wildman–Crippen MR) is 83.0 cm³/mol. The van der Waals surface area contributed by atoms with Crippen molar-refractivity contribution < 1.29 is 0 Å². The molecule has 0 saturated carbocycles. The van der Waals surface area contributed by atoms with Crippen molar-refractivity contribution in [1.29, 1.82) is 0 Å². The van der Waals surface area contributed by atoms with Gasteiger partial charge in [-0.3, -0.25) is 4.90 Å². The Morgan fingerprint density at radius 1 is 1.21 bits per heavy atom. The number of piperazine rings is 1. The molecular weight excluding hydrogens is 234 g/mol. The Labute approximate surface area is 117 Å². The number of likely N-dealkylation sites (N-methyl/N-ethyl adjacent to an activating group) is 1. The minimum Gasteiger partial charge on any atom is -0.369 e. The van der Waals surface area contributed by atoms with E-state index >= 15 is 0 Å². The predicted octanol–water partition coefficient (Wildman–Crippen LogP) is 2.12. The van der Waals surface area contributed by atoms with Gasteiger partial charge in [0.15, 0.2) is 0 Å². The van der Waals surface area contributed by atoms with Gasteiger partial charge in [0.2, 0.25) is 0 Å². The molecule has 0 aromatic heterocycles. The molecule has 1 unspecified atom stereocenters. The smallest absolute Gasteiger partial charge is 0.0369 e. The number of aryl methyl sites for hydroxylation is 1. The number of hydrogen-bond donors (Lipinski definition) is 1. The molecule has 0 amide bonds. The van der Waals surface area contributed by atoms with Crippen molar-refractivity contribution in [1.82, 2.24) is 10.2 Å². The zero-order chi connectivity index (χ0) is 13.7. The Morgan fingerprint density at radius 2 is 1.95 bits per heavy atom. The molecule has 1 aromatic carbocycles. The third-order valence-corrected chi connectivity index (χ3v) is 3.99. The fourth-order valence-corrected chi connectivity index (χ4v) is 2.73. The molecule has 1 atom stereocenters. The molecule has 1 aromatic rings. The Hall–Kier alpha value is -1.06. The average Bonchev–Trinajstić information content (AvgIpc) is 2.45. The van der Waals surface area contributed by atoms with Crippen LogP contribution in [0.15, 0.2) is 24.3 Å². The van der Waals surface area contributed by atoms with E-state index < -0.39 is 0 Å². The minimum absolute atomic E-state index is 0.639. The van der Waals surface area contributed by atoms with Gasteiger partial charge in [-0.05, 0) is 38.1 Å². The van der Waals surface area contributed by atoms with Gasteiger partial charge < -0.3 is 10.2 Å². The number of hydrogen-bond acceptors (Lipinski definition) is 3. The fraction of sp³-hybridized carbons (Fsp3) is 0.625. The van der Waals surface area contributed by atoms with Gasteiger partial charge in [0.1, 0.15) is 0 Å². The molecule has 106 valence electrons. The molecule has 0 bridgehead atoms. The summed E-state index contributed by atoms with van der Waals surface area (Å²) >= 11 is 0. The Bertz CT molecular complexity index is 383. The van der Waals surface area contributed by atoms with E-state index in [9.17, 15) is 0 Å². The van der Waals surface area contributed by atoms with Gasteiger partial charge in [-0.2, -0.15) is 0 Å². The van der Waals surface area contributed by atoms with Crippen LogP contribution in [0, 0.1) is 6.92 Å². The zero-order valence-electron chi connectivity index (χ0n) is 12.5. The van der Waals surface area contributed by atoms with E-state index in [1.54, 1.807) is 0 Å². The maximum absolute atomic E-state index is 3.44. The van der Waals surface area contributed by atoms with Gasteiger partial charge in [0.05, 0.1) is 0 Å². The average molecular weight is 261 g/mol. The summed E-state index contributed by atoms with van der Waals surface area (Å²) in [6.45, 7) is 13.4. The molecule has 0 spiro atoms. The van der Waals surface area contributed by atoms with Crippen LogP contribution in [-0.2, 0) is 0 Å². The molecule has 0 aliphatic carbocycles. The van der Waals surface area contributed by atoms with E-state index in [2.05, 4.69) is 60.2 Å². The molecule has 1 aliphatic heterocycles. The summed E-state index contributed by atoms with van der Waals surface area (Å²) in [5.41, 5.74) is 2.72. The number of nitrogens with zero attached hydrogens (tertiary/aromatic N) is 2. The maximum atomic E-state index is 3.44. The van der Waals surface area contributed by atoms with Crippen LogP contribution in [0.25, 0.3) is 0 Å². The SMILES string of the molecule is CCNCC(C)N1CCN(c2cccc(C)c2)CC1. The Morgan fingerprint density at radius 3 is 2.58 bits per heavy atom. The largest absolute Gasteiger partial charge is 0.369 e. The highest BCUT2D eigenvalue weighted by Crippen LogP contribution is 2.18. The van der Waals surface area contributed by atoms with Gasteiger partial charge >= 0.3 is 0 Å². The number of benzene rings is 1. The summed E-state index contributed by atoms with van der Waals surface area (Å²) in [4.78, 5) is 5.10. The van der Waals surface area contributed by atoms with Crippen LogP contribution >= 0.6 is 0 Å². The van der Waals surface area contributed by atoms with Gasteiger partial charge in [0, 0.05) is 44.5 Å². The lowest BCUT2D eigenvalue weighted by atomic mass is 10.1. The summed E-state index contributed by atoms with van der Waals surface area (Å²) in [6.07, 6.45) is 0. The van der Waals surface area contributed by atoms with Crippen LogP contribution in [0.3, 0.4) is 0 Å². The van der Waals surface area contributed by atoms with Crippen LogP contribution in [-0.4, -0.2) is 50.2 Å². The molecule has 19 heavy (non-hydrogen) atoms. The summed E-state index contributed by atoms with van der Waals surface area (Å²) in [6, 6.07) is 9.48. The number of anilines is 1. The van der Waals surface area contributed by atoms with Crippen molar-refractivity contribution in [2.45, 2.75) is 26.8 Å². The van der Waals surface area contributed by atoms with Crippen LogP contribution in [0.1, 0.15) is 19.4 Å². The van der Waals surface area contributed by atoms with Crippen LogP contribution in [0.4, 0.5) is 5.69 Å². The molecule has 3 heteroatoms. The molecule has 0 radical (unpaired) electrons. The van der Waals surface area contributed by atoms with Gasteiger partial charge in [-0.15, -0.1) is 0 Å². The van der Waals surface area contributed by atoms with E-state index in [1.165, 1.54) is 24.3 Å². The van der Waals surface area contributed by atoms with E-state index in [0.29, 0.717) is 6.04 Å². The van der Waals surface area contributed by atoms with Crippen molar-refractivity contribution in [2.75, 3.05) is 44.2 Å². The third-order valence-electron chi connectivity index (χ3n) is 3.99. The first-order chi connectivity index (χ1) is 9.20. The molecule has 2 rings (SSSR count). The Balaban J connectivity index is 1.85. The lowest BCUT2D eigenvalue weighted by Gasteiger charge is -2.39. The monoisotopic (exact) mass is 261 g/mol. The van der Waals surface area contributed by atoms with Crippen LogP contribution in [0.5, 0.6) is 0 Å². The molecule has 1 N–H and O–H groups in total. The minimum atomic E-state index is 0.639. The molecule has 1 saturated heterocycles. The first-order valence-electron chi connectivity index (χ1n) is 7.47. The molecule has 1 fully saturated rings. The van der Waals surface area contributed by atoms with Crippen molar-refractivity contribution >= 4 is 5.69 Å². The number of rotatable bonds is 5. The van der Waals surface area contributed by atoms with Gasteiger partial charge in [0.25, 0.3) is 0 Å². The van der Waals surface area contributed by atoms with Gasteiger partial charge in [-0.1, -0.05) is 19.1 Å². The zero-order valence-corrected chi connectivity index (χ0v) is 12.5. The normalized spacial score (nSPS) is 18.6. The van der Waals surface area contributed by atoms with Crippen LogP contribution < -0.4 is 10.2 Å². The summed E-state index contributed by atoms with van der Waals surface area (Å²) < 4.78 is 0. The lowest BCUT2D eigenvalue weighted by molar-refractivity contribution is 0.194. The third kappa shape index (κ3) is 3.95. The summed E-state index contributed by atoms with van der Waals surface area (Å²) in [7, 11) is 0. The highest BCUT2D eigenvalue weighted by Gasteiger charge is 2.20. The molecule has 1 aliphatic rings. The van der Waals surface area contributed by atoms with E-state index in [1.807, 2.05) is 0 Å². The number of nitrogens with one attached hydrogen (secondary N) is 1. The van der Waals surface area contributed by atoms with Crippen molar-refractivity contribution in [3.05, 3.63) is 29.8 Å². The molecule has 3 nitrogen and oxygen atoms in total. The second kappa shape index (κ2) is 6.92. The topological polar surface area (TPSA) is 18.5 Å². The first kappa shape index (κ1) is 14.4. The second-order valence-corrected chi connectivity index (χ2v) is 5.52. The van der Waals surface area contributed by atoms with Crippen molar-refractivity contribution in [3.8, 4) is 0 Å². The van der Waals surface area contributed by atoms with Gasteiger partial charge in [-0.25, -0.2) is 0 Å². The summed E-state index contributed by atoms with van der Waals surface area (Å²) in [5.74, 6) is 0. The fourth-order valence-electron chi connectivity index (χ4n) is 2.73. The van der Waals surface area contributed by atoms with E-state index in [-0.39, 0.29) is 0 Å².